The summed E-state index contributed by atoms with van der Waals surface area (Å²) >= 11 is 1.97. The van der Waals surface area contributed by atoms with Crippen LogP contribution >= 0.6 is 11.8 Å². The zero-order valence-corrected chi connectivity index (χ0v) is 14.6. The summed E-state index contributed by atoms with van der Waals surface area (Å²) in [5.41, 5.74) is 0. The van der Waals surface area contributed by atoms with Crippen molar-refractivity contribution in [3.05, 3.63) is 0 Å². The van der Waals surface area contributed by atoms with Crippen molar-refractivity contribution in [2.24, 2.45) is 5.92 Å². The summed E-state index contributed by atoms with van der Waals surface area (Å²) in [7, 11) is 4.29. The van der Waals surface area contributed by atoms with Crippen LogP contribution in [-0.4, -0.2) is 66.6 Å². The monoisotopic (exact) mass is 313 g/mol. The van der Waals surface area contributed by atoms with E-state index in [-0.39, 0.29) is 6.03 Å². The Kier molecular flexibility index (Phi) is 6.68. The van der Waals surface area contributed by atoms with Gasteiger partial charge in [-0.2, -0.15) is 11.8 Å². The third-order valence-electron chi connectivity index (χ3n) is 4.75. The van der Waals surface area contributed by atoms with Gasteiger partial charge in [0.25, 0.3) is 0 Å². The average Bonchev–Trinajstić information content (AvgIpc) is 2.65. The molecule has 2 aliphatic rings. The quantitative estimate of drug-likeness (QED) is 0.870. The molecule has 1 atom stereocenters. The van der Waals surface area contributed by atoms with Crippen molar-refractivity contribution in [1.29, 1.82) is 0 Å². The SMILES string of the molecule is C[C@H]1CCSCCN1C(=O)NC1CCC(CN(C)C)CC1. The Labute approximate surface area is 134 Å². The van der Waals surface area contributed by atoms with Gasteiger partial charge in [0.15, 0.2) is 0 Å². The molecule has 2 fully saturated rings. The van der Waals surface area contributed by atoms with E-state index in [1.54, 1.807) is 0 Å². The van der Waals surface area contributed by atoms with Crippen LogP contribution in [0, 0.1) is 5.92 Å². The average molecular weight is 314 g/mol. The highest BCUT2D eigenvalue weighted by molar-refractivity contribution is 7.99. The maximum absolute atomic E-state index is 12.5. The lowest BCUT2D eigenvalue weighted by molar-refractivity contribution is 0.170. The smallest absolute Gasteiger partial charge is 0.317 e. The van der Waals surface area contributed by atoms with Gasteiger partial charge in [0, 0.05) is 30.9 Å². The second-order valence-corrected chi connectivity index (χ2v) is 8.10. The summed E-state index contributed by atoms with van der Waals surface area (Å²) < 4.78 is 0. The predicted octanol–water partition coefficient (Wildman–Crippen LogP) is 2.64. The highest BCUT2D eigenvalue weighted by Gasteiger charge is 2.27. The highest BCUT2D eigenvalue weighted by atomic mass is 32.2. The Bertz CT molecular complexity index is 329. The molecule has 0 aromatic rings. The van der Waals surface area contributed by atoms with Crippen LogP contribution in [0.1, 0.15) is 39.0 Å². The molecule has 1 aliphatic carbocycles. The normalized spacial score (nSPS) is 31.0. The second kappa shape index (κ2) is 8.28. The van der Waals surface area contributed by atoms with E-state index >= 15 is 0 Å². The molecule has 5 heteroatoms. The number of hydrogen-bond donors (Lipinski definition) is 1. The highest BCUT2D eigenvalue weighted by Crippen LogP contribution is 2.25. The van der Waals surface area contributed by atoms with Crippen molar-refractivity contribution in [1.82, 2.24) is 15.1 Å². The topological polar surface area (TPSA) is 35.6 Å². The van der Waals surface area contributed by atoms with E-state index in [0.717, 1.165) is 37.5 Å². The number of hydrogen-bond acceptors (Lipinski definition) is 3. The number of carbonyl (C=O) groups excluding carboxylic acids is 1. The van der Waals surface area contributed by atoms with E-state index in [0.29, 0.717) is 12.1 Å². The van der Waals surface area contributed by atoms with E-state index in [2.05, 4.69) is 31.2 Å². The Balaban J connectivity index is 1.75. The van der Waals surface area contributed by atoms with Gasteiger partial charge in [0.1, 0.15) is 0 Å². The Morgan fingerprint density at radius 2 is 1.90 bits per heavy atom. The molecule has 0 aromatic carbocycles. The van der Waals surface area contributed by atoms with Gasteiger partial charge in [-0.05, 0) is 64.8 Å². The van der Waals surface area contributed by atoms with Gasteiger partial charge in [-0.3, -0.25) is 0 Å². The van der Waals surface area contributed by atoms with E-state index in [1.807, 2.05) is 16.7 Å². The molecule has 0 unspecified atom stereocenters. The molecule has 1 saturated carbocycles. The summed E-state index contributed by atoms with van der Waals surface area (Å²) in [6.07, 6.45) is 5.89. The van der Waals surface area contributed by atoms with Gasteiger partial charge >= 0.3 is 6.03 Å². The molecule has 21 heavy (non-hydrogen) atoms. The first-order chi connectivity index (χ1) is 10.1. The van der Waals surface area contributed by atoms with Crippen molar-refractivity contribution >= 4 is 17.8 Å². The molecular weight excluding hydrogens is 282 g/mol. The van der Waals surface area contributed by atoms with Crippen LogP contribution in [0.3, 0.4) is 0 Å². The zero-order chi connectivity index (χ0) is 15.2. The molecule has 1 N–H and O–H groups in total. The summed E-state index contributed by atoms with van der Waals surface area (Å²) in [5, 5.41) is 3.28. The van der Waals surface area contributed by atoms with Crippen LogP contribution < -0.4 is 5.32 Å². The fourth-order valence-corrected chi connectivity index (χ4v) is 4.50. The third kappa shape index (κ3) is 5.37. The van der Waals surface area contributed by atoms with E-state index < -0.39 is 0 Å². The van der Waals surface area contributed by atoms with Crippen LogP contribution in [0.4, 0.5) is 4.79 Å². The lowest BCUT2D eigenvalue weighted by Crippen LogP contribution is -2.49. The lowest BCUT2D eigenvalue weighted by atomic mass is 9.86. The van der Waals surface area contributed by atoms with Crippen LogP contribution in [-0.2, 0) is 0 Å². The number of nitrogens with zero attached hydrogens (tertiary/aromatic N) is 2. The van der Waals surface area contributed by atoms with Gasteiger partial charge in [-0.15, -0.1) is 0 Å². The number of amides is 2. The van der Waals surface area contributed by atoms with Gasteiger partial charge in [0.05, 0.1) is 0 Å². The Hall–Kier alpha value is -0.420. The van der Waals surface area contributed by atoms with Crippen molar-refractivity contribution < 1.29 is 4.79 Å². The number of thioether (sulfide) groups is 1. The van der Waals surface area contributed by atoms with E-state index in [4.69, 9.17) is 0 Å². The predicted molar refractivity (Wildman–Crippen MR) is 90.9 cm³/mol. The molecule has 1 heterocycles. The van der Waals surface area contributed by atoms with Crippen LogP contribution in [0.5, 0.6) is 0 Å². The summed E-state index contributed by atoms with van der Waals surface area (Å²) in [6.45, 7) is 4.26. The molecule has 1 aliphatic heterocycles. The first-order valence-corrected chi connectivity index (χ1v) is 9.51. The first-order valence-electron chi connectivity index (χ1n) is 8.36. The third-order valence-corrected chi connectivity index (χ3v) is 5.74. The summed E-state index contributed by atoms with van der Waals surface area (Å²) in [6, 6.07) is 0.935. The number of urea groups is 1. The van der Waals surface area contributed by atoms with Gasteiger partial charge in [-0.1, -0.05) is 0 Å². The fourth-order valence-electron chi connectivity index (χ4n) is 3.46. The van der Waals surface area contributed by atoms with Gasteiger partial charge in [0.2, 0.25) is 0 Å². The van der Waals surface area contributed by atoms with E-state index in [9.17, 15) is 4.79 Å². The standard InChI is InChI=1S/C16H31N3OS/c1-13-8-10-21-11-9-19(13)16(20)17-15-6-4-14(5-7-15)12-18(2)3/h13-15H,4-12H2,1-3H3,(H,17,20)/t13-,14?,15?/m0/s1. The minimum atomic E-state index is 0.168. The Morgan fingerprint density at radius 1 is 1.19 bits per heavy atom. The van der Waals surface area contributed by atoms with Crippen molar-refractivity contribution in [2.75, 3.05) is 38.7 Å². The van der Waals surface area contributed by atoms with Gasteiger partial charge in [-0.25, -0.2) is 4.79 Å². The molecule has 2 rings (SSSR count). The molecule has 1 saturated heterocycles. The van der Waals surface area contributed by atoms with Gasteiger partial charge < -0.3 is 15.1 Å². The fraction of sp³-hybridized carbons (Fsp3) is 0.938. The zero-order valence-electron chi connectivity index (χ0n) is 13.8. The van der Waals surface area contributed by atoms with Crippen LogP contribution in [0.2, 0.25) is 0 Å². The number of nitrogens with one attached hydrogen (secondary N) is 1. The van der Waals surface area contributed by atoms with Crippen LogP contribution in [0.15, 0.2) is 0 Å². The van der Waals surface area contributed by atoms with Crippen molar-refractivity contribution in [2.45, 2.75) is 51.1 Å². The maximum atomic E-state index is 12.5. The first kappa shape index (κ1) is 16.9. The van der Waals surface area contributed by atoms with Crippen LogP contribution in [0.25, 0.3) is 0 Å². The Morgan fingerprint density at radius 3 is 2.57 bits per heavy atom. The minimum Gasteiger partial charge on any atom is -0.335 e. The number of rotatable bonds is 3. The van der Waals surface area contributed by atoms with E-state index in [1.165, 1.54) is 25.1 Å². The largest absolute Gasteiger partial charge is 0.335 e. The molecular formula is C16H31N3OS. The summed E-state index contributed by atoms with van der Waals surface area (Å²) in [5.74, 6) is 3.06. The van der Waals surface area contributed by atoms with Crippen molar-refractivity contribution in [3.8, 4) is 0 Å². The maximum Gasteiger partial charge on any atom is 0.317 e. The summed E-state index contributed by atoms with van der Waals surface area (Å²) in [4.78, 5) is 16.8. The molecule has 0 aromatic heterocycles. The van der Waals surface area contributed by atoms with Crippen molar-refractivity contribution in [3.63, 3.8) is 0 Å². The molecule has 2 amide bonds. The minimum absolute atomic E-state index is 0.168. The molecule has 0 spiro atoms. The second-order valence-electron chi connectivity index (χ2n) is 6.87. The molecule has 4 nitrogen and oxygen atoms in total. The molecule has 122 valence electrons. The molecule has 0 bridgehead atoms. The lowest BCUT2D eigenvalue weighted by Gasteiger charge is -2.33. The molecule has 0 radical (unpaired) electrons. The number of carbonyl (C=O) groups is 1.